The molecule has 0 aromatic rings. The first-order chi connectivity index (χ1) is 11.6. The van der Waals surface area contributed by atoms with Crippen molar-refractivity contribution in [3.8, 4) is 0 Å². The normalized spacial score (nSPS) is 21.6. The summed E-state index contributed by atoms with van der Waals surface area (Å²) in [5.74, 6) is 2.08. The van der Waals surface area contributed by atoms with Gasteiger partial charge in [-0.1, -0.05) is 36.3 Å². The van der Waals surface area contributed by atoms with Gasteiger partial charge in [0.25, 0.3) is 0 Å². The van der Waals surface area contributed by atoms with Gasteiger partial charge < -0.3 is 5.41 Å². The number of aliphatic imine (C=N–C) groups is 1. The second-order valence-corrected chi connectivity index (χ2v) is 5.78. The zero-order valence-corrected chi connectivity index (χ0v) is 14.5. The Kier molecular flexibility index (Phi) is 6.42. The molecule has 126 valence electrons. The number of hydrogen-bond donors (Lipinski definition) is 3. The van der Waals surface area contributed by atoms with Crippen LogP contribution in [0.5, 0.6) is 0 Å². The number of allylic oxidation sites excluding steroid dienone is 5. The zero-order chi connectivity index (χ0) is 17.4. The van der Waals surface area contributed by atoms with E-state index in [1.54, 1.807) is 6.08 Å². The Labute approximate surface area is 143 Å². The number of nitrogens with one attached hydrogen (secondary N) is 3. The van der Waals surface area contributed by atoms with E-state index in [2.05, 4.69) is 46.1 Å². The Morgan fingerprint density at radius 3 is 3.08 bits per heavy atom. The summed E-state index contributed by atoms with van der Waals surface area (Å²) in [6.45, 7) is 4.19. The first-order valence-corrected chi connectivity index (χ1v) is 8.07. The van der Waals surface area contributed by atoms with Crippen LogP contribution in [0, 0.1) is 11.3 Å². The van der Waals surface area contributed by atoms with Crippen molar-refractivity contribution in [2.75, 3.05) is 7.05 Å². The number of hydrazine groups is 1. The number of hydrogen-bond acceptors (Lipinski definition) is 5. The number of amidine groups is 2. The predicted octanol–water partition coefficient (Wildman–Crippen LogP) is 2.54. The van der Waals surface area contributed by atoms with Crippen molar-refractivity contribution in [1.82, 2.24) is 10.9 Å². The summed E-state index contributed by atoms with van der Waals surface area (Å²) in [7, 11) is 1.94. The van der Waals surface area contributed by atoms with E-state index in [1.165, 1.54) is 6.21 Å². The van der Waals surface area contributed by atoms with Crippen molar-refractivity contribution in [3.63, 3.8) is 0 Å². The summed E-state index contributed by atoms with van der Waals surface area (Å²) in [6.07, 6.45) is 16.8. The predicted molar refractivity (Wildman–Crippen MR) is 101 cm³/mol. The van der Waals surface area contributed by atoms with Crippen LogP contribution >= 0.6 is 0 Å². The van der Waals surface area contributed by atoms with Gasteiger partial charge in [-0.15, -0.1) is 5.43 Å². The van der Waals surface area contributed by atoms with Crippen molar-refractivity contribution >= 4 is 23.6 Å². The van der Waals surface area contributed by atoms with Crippen LogP contribution in [0.4, 0.5) is 0 Å². The van der Waals surface area contributed by atoms with Crippen LogP contribution < -0.4 is 10.9 Å². The molecule has 0 aromatic heterocycles. The topological polar surface area (TPSA) is 75.6 Å². The Balaban J connectivity index is 2.09. The number of rotatable bonds is 5. The van der Waals surface area contributed by atoms with Crippen molar-refractivity contribution in [1.29, 1.82) is 5.41 Å². The van der Waals surface area contributed by atoms with Gasteiger partial charge in [0.2, 0.25) is 5.84 Å². The summed E-state index contributed by atoms with van der Waals surface area (Å²) in [5.41, 5.74) is 8.22. The van der Waals surface area contributed by atoms with Gasteiger partial charge in [-0.25, -0.2) is 5.43 Å². The quantitative estimate of drug-likeness (QED) is 0.537. The van der Waals surface area contributed by atoms with E-state index in [0.29, 0.717) is 11.8 Å². The third-order valence-corrected chi connectivity index (χ3v) is 3.70. The fourth-order valence-electron chi connectivity index (χ4n) is 2.31. The molecule has 0 aromatic carbocycles. The third kappa shape index (κ3) is 4.87. The second kappa shape index (κ2) is 8.76. The van der Waals surface area contributed by atoms with Gasteiger partial charge in [-0.05, 0) is 37.8 Å². The minimum atomic E-state index is 0.503. The van der Waals surface area contributed by atoms with E-state index < -0.39 is 0 Å². The van der Waals surface area contributed by atoms with Gasteiger partial charge in [0.15, 0.2) is 0 Å². The largest absolute Gasteiger partial charge is 0.320 e. The maximum Gasteiger partial charge on any atom is 0.320 e. The van der Waals surface area contributed by atoms with Crippen LogP contribution in [0.15, 0.2) is 58.3 Å². The van der Waals surface area contributed by atoms with Gasteiger partial charge in [-0.3, -0.25) is 4.99 Å². The minimum absolute atomic E-state index is 0.503. The Hall–Kier alpha value is -2.76. The van der Waals surface area contributed by atoms with Crippen molar-refractivity contribution in [2.24, 2.45) is 16.0 Å². The average Bonchev–Trinajstić information content (AvgIpc) is 2.54. The van der Waals surface area contributed by atoms with E-state index in [4.69, 9.17) is 5.41 Å². The molecule has 2 aliphatic rings. The van der Waals surface area contributed by atoms with Crippen LogP contribution in [-0.4, -0.2) is 35.3 Å². The lowest BCUT2D eigenvalue weighted by Crippen LogP contribution is -2.49. The molecule has 3 N–H and O–H groups in total. The van der Waals surface area contributed by atoms with E-state index >= 15 is 0 Å². The lowest BCUT2D eigenvalue weighted by molar-refractivity contribution is -0.544. The fourth-order valence-corrected chi connectivity index (χ4v) is 2.31. The molecule has 24 heavy (non-hydrogen) atoms. The van der Waals surface area contributed by atoms with Gasteiger partial charge in [0.1, 0.15) is 12.8 Å². The Morgan fingerprint density at radius 1 is 1.50 bits per heavy atom. The number of hydrazone groups is 2. The Morgan fingerprint density at radius 2 is 2.33 bits per heavy atom. The summed E-state index contributed by atoms with van der Waals surface area (Å²) < 4.78 is 1.90. The summed E-state index contributed by atoms with van der Waals surface area (Å²) in [5, 5.41) is 11.4. The molecule has 2 rings (SSSR count). The smallest absolute Gasteiger partial charge is 0.309 e. The molecule has 0 spiro atoms. The standard InChI is InChI=1S/C18H24N6/c1-14-8-7-10-16(20-13-11-14)17-21-22-18(24(3)23-17)15(2)9-5-4-6-12-19/h4,6-7,9-14,19H,5,8H2,1-3H3,(H,21,23)/p+1. The molecule has 6 nitrogen and oxygen atoms in total. The van der Waals surface area contributed by atoms with Crippen molar-refractivity contribution in [2.45, 2.75) is 26.7 Å². The lowest BCUT2D eigenvalue weighted by Gasteiger charge is -2.15. The van der Waals surface area contributed by atoms with Crippen molar-refractivity contribution in [3.05, 3.63) is 48.2 Å². The van der Waals surface area contributed by atoms with E-state index in [0.717, 1.165) is 30.0 Å². The maximum atomic E-state index is 6.97. The van der Waals surface area contributed by atoms with Crippen LogP contribution in [0.2, 0.25) is 0 Å². The molecule has 0 aliphatic carbocycles. The molecule has 2 aliphatic heterocycles. The van der Waals surface area contributed by atoms with Crippen LogP contribution in [0.3, 0.4) is 0 Å². The maximum absolute atomic E-state index is 6.97. The molecule has 1 atom stereocenters. The molecule has 2 heterocycles. The Bertz CT molecular complexity index is 688. The molecule has 0 amide bonds. The summed E-state index contributed by atoms with van der Waals surface area (Å²) in [4.78, 5) is 4.47. The highest BCUT2D eigenvalue weighted by Crippen LogP contribution is 2.08. The SMILES string of the molecule is CC(=CCC=CC=N)C1=[N+](C)NC(C2=NC=CC(C)CC=C2)=NN1. The van der Waals surface area contributed by atoms with Gasteiger partial charge in [-0.2, -0.15) is 4.68 Å². The van der Waals surface area contributed by atoms with Crippen LogP contribution in [-0.2, 0) is 0 Å². The molecule has 0 radical (unpaired) electrons. The minimum Gasteiger partial charge on any atom is -0.309 e. The number of nitrogens with zero attached hydrogens (tertiary/aromatic N) is 3. The second-order valence-electron chi connectivity index (χ2n) is 5.78. The fraction of sp³-hybridized carbons (Fsp3) is 0.333. The highest BCUT2D eigenvalue weighted by atomic mass is 15.6. The van der Waals surface area contributed by atoms with Crippen LogP contribution in [0.1, 0.15) is 26.7 Å². The van der Waals surface area contributed by atoms with Gasteiger partial charge in [0, 0.05) is 18.0 Å². The molecule has 0 bridgehead atoms. The third-order valence-electron chi connectivity index (χ3n) is 3.70. The van der Waals surface area contributed by atoms with Crippen LogP contribution in [0.25, 0.3) is 0 Å². The summed E-state index contributed by atoms with van der Waals surface area (Å²) in [6, 6.07) is 0. The van der Waals surface area contributed by atoms with Crippen molar-refractivity contribution < 1.29 is 4.68 Å². The molecular weight excluding hydrogens is 300 g/mol. The molecule has 1 unspecified atom stereocenters. The first-order valence-electron chi connectivity index (χ1n) is 8.07. The first kappa shape index (κ1) is 17.6. The van der Waals surface area contributed by atoms with E-state index in [1.807, 2.05) is 37.0 Å². The summed E-state index contributed by atoms with van der Waals surface area (Å²) >= 11 is 0. The average molecular weight is 325 g/mol. The molecule has 0 saturated heterocycles. The molecule has 0 fully saturated rings. The zero-order valence-electron chi connectivity index (χ0n) is 14.5. The van der Waals surface area contributed by atoms with Gasteiger partial charge in [0.05, 0.1) is 0 Å². The van der Waals surface area contributed by atoms with Gasteiger partial charge >= 0.3 is 5.84 Å². The molecule has 6 heteroatoms. The highest BCUT2D eigenvalue weighted by molar-refractivity contribution is 6.45. The lowest BCUT2D eigenvalue weighted by atomic mass is 10.1. The highest BCUT2D eigenvalue weighted by Gasteiger charge is 2.22. The molecular formula is C18H25N6+. The monoisotopic (exact) mass is 325 g/mol. The van der Waals surface area contributed by atoms with E-state index in [-0.39, 0.29) is 0 Å². The van der Waals surface area contributed by atoms with E-state index in [9.17, 15) is 0 Å². The molecule has 0 saturated carbocycles.